The number of guanidine groups is 1. The van der Waals surface area contributed by atoms with Crippen LogP contribution in [-0.2, 0) is 6.54 Å². The van der Waals surface area contributed by atoms with E-state index in [2.05, 4.69) is 50.1 Å². The molecule has 2 fully saturated rings. The van der Waals surface area contributed by atoms with Gasteiger partial charge < -0.3 is 24.6 Å². The maximum atomic E-state index is 5.54. The van der Waals surface area contributed by atoms with E-state index >= 15 is 0 Å². The third-order valence-corrected chi connectivity index (χ3v) is 6.24. The van der Waals surface area contributed by atoms with Gasteiger partial charge in [0, 0.05) is 77.6 Å². The highest BCUT2D eigenvalue weighted by Crippen LogP contribution is 2.25. The van der Waals surface area contributed by atoms with Crippen molar-refractivity contribution in [2.24, 2.45) is 4.99 Å². The number of aliphatic imine (C=N–C) groups is 1. The second-order valence-electron chi connectivity index (χ2n) is 8.27. The molecule has 3 rings (SSSR count). The molecule has 0 amide bonds. The molecular formula is C22H39IN6O2. The lowest BCUT2D eigenvalue weighted by atomic mass is 10.1. The summed E-state index contributed by atoms with van der Waals surface area (Å²) in [5, 5.41) is 3.61. The zero-order valence-electron chi connectivity index (χ0n) is 19.6. The van der Waals surface area contributed by atoms with Crippen molar-refractivity contribution in [1.82, 2.24) is 24.9 Å². The molecule has 2 aliphatic heterocycles. The maximum Gasteiger partial charge on any atom is 0.193 e. The van der Waals surface area contributed by atoms with Gasteiger partial charge in [-0.15, -0.1) is 24.0 Å². The minimum absolute atomic E-state index is 0. The van der Waals surface area contributed by atoms with Crippen LogP contribution in [0.5, 0.6) is 11.5 Å². The van der Waals surface area contributed by atoms with Gasteiger partial charge in [0.05, 0.1) is 14.2 Å². The molecule has 0 saturated carbocycles. The van der Waals surface area contributed by atoms with Crippen LogP contribution in [-0.4, -0.2) is 119 Å². The average molecular weight is 546 g/mol. The van der Waals surface area contributed by atoms with Crippen molar-refractivity contribution in [1.29, 1.82) is 0 Å². The quantitative estimate of drug-likeness (QED) is 0.328. The number of nitrogens with zero attached hydrogens (tertiary/aromatic N) is 5. The Labute approximate surface area is 204 Å². The molecule has 1 atom stereocenters. The van der Waals surface area contributed by atoms with Crippen LogP contribution in [0.1, 0.15) is 5.56 Å². The third-order valence-electron chi connectivity index (χ3n) is 6.24. The van der Waals surface area contributed by atoms with Crippen LogP contribution in [0.4, 0.5) is 0 Å². The number of hydrogen-bond acceptors (Lipinski definition) is 6. The molecule has 9 heteroatoms. The minimum atomic E-state index is 0. The van der Waals surface area contributed by atoms with Crippen molar-refractivity contribution >= 4 is 29.9 Å². The fourth-order valence-electron chi connectivity index (χ4n) is 4.23. The largest absolute Gasteiger partial charge is 0.497 e. The highest BCUT2D eigenvalue weighted by molar-refractivity contribution is 14.0. The Hall–Kier alpha value is -1.30. The number of hydrogen-bond donors (Lipinski definition) is 1. The van der Waals surface area contributed by atoms with E-state index in [1.54, 1.807) is 14.2 Å². The Morgan fingerprint density at radius 1 is 1.06 bits per heavy atom. The minimum Gasteiger partial charge on any atom is -0.497 e. The second kappa shape index (κ2) is 12.7. The summed E-state index contributed by atoms with van der Waals surface area (Å²) in [7, 11) is 9.72. The summed E-state index contributed by atoms with van der Waals surface area (Å²) in [6.07, 6.45) is 0. The van der Waals surface area contributed by atoms with Crippen LogP contribution in [0.2, 0.25) is 0 Å². The SMILES string of the molecule is CN=C(NCC1CN(C)CCN1C)N1CCN(Cc2cc(OC)ccc2OC)CC1.I. The van der Waals surface area contributed by atoms with E-state index < -0.39 is 0 Å². The van der Waals surface area contributed by atoms with E-state index in [0.717, 1.165) is 81.9 Å². The van der Waals surface area contributed by atoms with Crippen molar-refractivity contribution < 1.29 is 9.47 Å². The van der Waals surface area contributed by atoms with Crippen LogP contribution in [0.15, 0.2) is 23.2 Å². The number of likely N-dealkylation sites (N-methyl/N-ethyl adjacent to an activating group) is 2. The first-order chi connectivity index (χ1) is 14.5. The van der Waals surface area contributed by atoms with Crippen molar-refractivity contribution in [3.05, 3.63) is 23.8 Å². The molecule has 176 valence electrons. The van der Waals surface area contributed by atoms with Crippen molar-refractivity contribution in [3.63, 3.8) is 0 Å². The van der Waals surface area contributed by atoms with E-state index in [1.165, 1.54) is 0 Å². The van der Waals surface area contributed by atoms with Gasteiger partial charge in [-0.2, -0.15) is 0 Å². The number of ether oxygens (including phenoxy) is 2. The van der Waals surface area contributed by atoms with Crippen LogP contribution < -0.4 is 14.8 Å². The number of nitrogens with one attached hydrogen (secondary N) is 1. The highest BCUT2D eigenvalue weighted by Gasteiger charge is 2.24. The first kappa shape index (κ1) is 26.0. The van der Waals surface area contributed by atoms with Crippen LogP contribution in [0.25, 0.3) is 0 Å². The molecule has 0 bridgehead atoms. The molecule has 1 unspecified atom stereocenters. The van der Waals surface area contributed by atoms with Gasteiger partial charge in [-0.1, -0.05) is 0 Å². The summed E-state index contributed by atoms with van der Waals surface area (Å²) < 4.78 is 10.9. The summed E-state index contributed by atoms with van der Waals surface area (Å²) in [5.41, 5.74) is 1.16. The highest BCUT2D eigenvalue weighted by atomic mass is 127. The van der Waals surface area contributed by atoms with E-state index in [4.69, 9.17) is 9.47 Å². The van der Waals surface area contributed by atoms with Gasteiger partial charge in [0.1, 0.15) is 11.5 Å². The average Bonchev–Trinajstić information content (AvgIpc) is 2.77. The smallest absolute Gasteiger partial charge is 0.193 e. The summed E-state index contributed by atoms with van der Waals surface area (Å²) >= 11 is 0. The summed E-state index contributed by atoms with van der Waals surface area (Å²) in [5.74, 6) is 2.79. The molecule has 1 N–H and O–H groups in total. The molecule has 0 spiro atoms. The first-order valence-corrected chi connectivity index (χ1v) is 10.8. The third kappa shape index (κ3) is 7.10. The summed E-state index contributed by atoms with van der Waals surface area (Å²) in [6, 6.07) is 6.51. The van der Waals surface area contributed by atoms with Gasteiger partial charge in [-0.25, -0.2) is 0 Å². The standard InChI is InChI=1S/C22H38N6O2.HI/c1-23-22(24-15-19-17-25(2)8-9-26(19)3)28-12-10-27(11-13-28)16-18-14-20(29-4)6-7-21(18)30-5;/h6-7,14,19H,8-13,15-17H2,1-5H3,(H,23,24);1H. The Bertz CT molecular complexity index is 711. The number of rotatable bonds is 6. The van der Waals surface area contributed by atoms with E-state index in [0.29, 0.717) is 6.04 Å². The Morgan fingerprint density at radius 3 is 2.45 bits per heavy atom. The summed E-state index contributed by atoms with van der Waals surface area (Å²) in [6.45, 7) is 9.05. The van der Waals surface area contributed by atoms with E-state index in [1.807, 2.05) is 19.2 Å². The molecule has 31 heavy (non-hydrogen) atoms. The zero-order valence-corrected chi connectivity index (χ0v) is 22.0. The van der Waals surface area contributed by atoms with Gasteiger partial charge >= 0.3 is 0 Å². The fourth-order valence-corrected chi connectivity index (χ4v) is 4.23. The molecule has 2 heterocycles. The molecule has 2 saturated heterocycles. The van der Waals surface area contributed by atoms with Gasteiger partial charge in [-0.3, -0.25) is 14.8 Å². The molecule has 0 aliphatic carbocycles. The molecule has 0 radical (unpaired) electrons. The maximum absolute atomic E-state index is 5.54. The van der Waals surface area contributed by atoms with Crippen molar-refractivity contribution in [2.75, 3.05) is 87.7 Å². The van der Waals surface area contributed by atoms with Crippen LogP contribution in [0, 0.1) is 0 Å². The Kier molecular flexibility index (Phi) is 10.6. The lowest BCUT2D eigenvalue weighted by molar-refractivity contribution is 0.115. The monoisotopic (exact) mass is 546 g/mol. The lowest BCUT2D eigenvalue weighted by Crippen LogP contribution is -2.57. The Morgan fingerprint density at radius 2 is 1.81 bits per heavy atom. The molecule has 8 nitrogen and oxygen atoms in total. The van der Waals surface area contributed by atoms with Gasteiger partial charge in [-0.05, 0) is 32.3 Å². The van der Waals surface area contributed by atoms with Crippen LogP contribution >= 0.6 is 24.0 Å². The molecule has 2 aliphatic rings. The topological polar surface area (TPSA) is 55.8 Å². The van der Waals surface area contributed by atoms with Crippen molar-refractivity contribution in [2.45, 2.75) is 12.6 Å². The second-order valence-corrected chi connectivity index (χ2v) is 8.27. The van der Waals surface area contributed by atoms with Crippen molar-refractivity contribution in [3.8, 4) is 11.5 Å². The Balaban J connectivity index is 0.00000341. The molecular weight excluding hydrogens is 507 g/mol. The number of methoxy groups -OCH3 is 2. The van der Waals surface area contributed by atoms with Gasteiger partial charge in [0.2, 0.25) is 0 Å². The number of halogens is 1. The van der Waals surface area contributed by atoms with E-state index in [-0.39, 0.29) is 24.0 Å². The predicted octanol–water partition coefficient (Wildman–Crippen LogP) is 1.26. The fraction of sp³-hybridized carbons (Fsp3) is 0.682. The van der Waals surface area contributed by atoms with Crippen LogP contribution in [0.3, 0.4) is 0 Å². The normalized spacial score (nSPS) is 21.5. The van der Waals surface area contributed by atoms with E-state index in [9.17, 15) is 0 Å². The zero-order chi connectivity index (χ0) is 21.5. The molecule has 1 aromatic rings. The first-order valence-electron chi connectivity index (χ1n) is 10.8. The lowest BCUT2D eigenvalue weighted by Gasteiger charge is -2.40. The van der Waals surface area contributed by atoms with Gasteiger partial charge in [0.25, 0.3) is 0 Å². The van der Waals surface area contributed by atoms with Gasteiger partial charge in [0.15, 0.2) is 5.96 Å². The predicted molar refractivity (Wildman–Crippen MR) is 137 cm³/mol. The summed E-state index contributed by atoms with van der Waals surface area (Å²) in [4.78, 5) is 14.2. The molecule has 0 aromatic heterocycles. The number of piperazine rings is 2. The number of benzene rings is 1. The molecule has 1 aromatic carbocycles.